The molecule has 0 N–H and O–H groups in total. The maximum absolute atomic E-state index is 10.8. The van der Waals surface area contributed by atoms with Gasteiger partial charge >= 0.3 is 5.97 Å². The predicted octanol–water partition coefficient (Wildman–Crippen LogP) is 1.08. The minimum Gasteiger partial charge on any atom is -0.460 e. The molecule has 11 heavy (non-hydrogen) atoms. The Morgan fingerprint density at radius 3 is 2.55 bits per heavy atom. The van der Waals surface area contributed by atoms with E-state index in [0.717, 1.165) is 0 Å². The summed E-state index contributed by atoms with van der Waals surface area (Å²) in [5, 5.41) is 0. The smallest absolute Gasteiger partial charge is 0.374 e. The predicted molar refractivity (Wildman–Crippen MR) is 41.1 cm³/mol. The van der Waals surface area contributed by atoms with Gasteiger partial charge in [-0.25, -0.2) is 4.79 Å². The van der Waals surface area contributed by atoms with Gasteiger partial charge in [0.25, 0.3) is 0 Å². The first-order valence-corrected chi connectivity index (χ1v) is 3.53. The number of ether oxygens (including phenoxy) is 1. The Bertz CT molecular complexity index is 170. The van der Waals surface area contributed by atoms with E-state index in [-0.39, 0.29) is 13.0 Å². The molecule has 0 aliphatic rings. The second-order valence-electron chi connectivity index (χ2n) is 1.92. The molecule has 0 bridgehead atoms. The molecular formula is C8H12O3. The minimum atomic E-state index is -0.745. The molecule has 0 saturated carbocycles. The Morgan fingerprint density at radius 1 is 1.45 bits per heavy atom. The van der Waals surface area contributed by atoms with Crippen molar-refractivity contribution in [1.29, 1.82) is 0 Å². The summed E-state index contributed by atoms with van der Waals surface area (Å²) in [5.74, 6) is -1.24. The van der Waals surface area contributed by atoms with Crippen molar-refractivity contribution in [2.45, 2.75) is 20.3 Å². The Labute approximate surface area is 66.0 Å². The lowest BCUT2D eigenvalue weighted by atomic mass is 10.3. The molecule has 0 aliphatic carbocycles. The van der Waals surface area contributed by atoms with Crippen LogP contribution in [-0.4, -0.2) is 18.4 Å². The maximum Gasteiger partial charge on any atom is 0.374 e. The number of ketones is 1. The fraction of sp³-hybridized carbons (Fsp3) is 0.500. The van der Waals surface area contributed by atoms with Gasteiger partial charge in [-0.1, -0.05) is 12.2 Å². The summed E-state index contributed by atoms with van der Waals surface area (Å²) in [7, 11) is 0. The van der Waals surface area contributed by atoms with Crippen molar-refractivity contribution in [3.05, 3.63) is 12.2 Å². The van der Waals surface area contributed by atoms with Crippen LogP contribution in [0.1, 0.15) is 20.3 Å². The lowest BCUT2D eigenvalue weighted by molar-refractivity contribution is -0.153. The molecule has 3 nitrogen and oxygen atoms in total. The molecule has 0 amide bonds. The van der Waals surface area contributed by atoms with E-state index in [0.29, 0.717) is 0 Å². The topological polar surface area (TPSA) is 43.4 Å². The number of Topliss-reactive ketones (excluding diaryl/α,β-unsaturated/α-hetero) is 1. The fourth-order valence-corrected chi connectivity index (χ4v) is 0.520. The molecule has 0 saturated heterocycles. The Kier molecular flexibility index (Phi) is 5.07. The first kappa shape index (κ1) is 9.88. The van der Waals surface area contributed by atoms with Crippen molar-refractivity contribution in [1.82, 2.24) is 0 Å². The van der Waals surface area contributed by atoms with E-state index in [1.54, 1.807) is 26.0 Å². The summed E-state index contributed by atoms with van der Waals surface area (Å²) < 4.78 is 4.48. The maximum atomic E-state index is 10.8. The molecule has 0 atom stereocenters. The van der Waals surface area contributed by atoms with E-state index in [9.17, 15) is 9.59 Å². The van der Waals surface area contributed by atoms with Crippen molar-refractivity contribution < 1.29 is 14.3 Å². The molecule has 0 aromatic carbocycles. The van der Waals surface area contributed by atoms with Crippen molar-refractivity contribution >= 4 is 11.8 Å². The molecule has 0 spiro atoms. The largest absolute Gasteiger partial charge is 0.460 e. The SMILES string of the molecule is C/C=C/CC(=O)C(=O)OCC. The molecular weight excluding hydrogens is 144 g/mol. The summed E-state index contributed by atoms with van der Waals surface area (Å²) >= 11 is 0. The molecule has 0 aromatic rings. The Hall–Kier alpha value is -1.12. The van der Waals surface area contributed by atoms with E-state index >= 15 is 0 Å². The van der Waals surface area contributed by atoms with Crippen LogP contribution in [0.2, 0.25) is 0 Å². The summed E-state index contributed by atoms with van der Waals surface area (Å²) in [6.07, 6.45) is 3.48. The highest BCUT2D eigenvalue weighted by Crippen LogP contribution is 1.89. The molecule has 0 radical (unpaired) electrons. The van der Waals surface area contributed by atoms with E-state index in [2.05, 4.69) is 4.74 Å². The van der Waals surface area contributed by atoms with Crippen molar-refractivity contribution in [3.8, 4) is 0 Å². The number of carbonyl (C=O) groups is 2. The van der Waals surface area contributed by atoms with Crippen molar-refractivity contribution in [2.24, 2.45) is 0 Å². The Balaban J connectivity index is 3.74. The standard InChI is InChI=1S/C8H12O3/c1-3-5-6-7(9)8(10)11-4-2/h3,5H,4,6H2,1-2H3/b5-3+. The van der Waals surface area contributed by atoms with Crippen LogP contribution in [0.5, 0.6) is 0 Å². The molecule has 0 rings (SSSR count). The number of rotatable bonds is 4. The van der Waals surface area contributed by atoms with Crippen LogP contribution in [0.15, 0.2) is 12.2 Å². The van der Waals surface area contributed by atoms with Gasteiger partial charge in [-0.2, -0.15) is 0 Å². The number of carbonyl (C=O) groups excluding carboxylic acids is 2. The van der Waals surface area contributed by atoms with Crippen LogP contribution < -0.4 is 0 Å². The van der Waals surface area contributed by atoms with Crippen LogP contribution in [-0.2, 0) is 14.3 Å². The number of hydrogen-bond donors (Lipinski definition) is 0. The van der Waals surface area contributed by atoms with E-state index < -0.39 is 11.8 Å². The quantitative estimate of drug-likeness (QED) is 0.347. The third kappa shape index (κ3) is 4.31. The third-order valence-corrected chi connectivity index (χ3v) is 1.04. The fourth-order valence-electron chi connectivity index (χ4n) is 0.520. The summed E-state index contributed by atoms with van der Waals surface area (Å²) in [6, 6.07) is 0. The van der Waals surface area contributed by atoms with Crippen LogP contribution >= 0.6 is 0 Å². The average Bonchev–Trinajstić information content (AvgIpc) is 2.00. The molecule has 0 aliphatic heterocycles. The highest BCUT2D eigenvalue weighted by atomic mass is 16.5. The Morgan fingerprint density at radius 2 is 2.09 bits per heavy atom. The lowest BCUT2D eigenvalue weighted by Gasteiger charge is -1.96. The normalized spacial score (nSPS) is 10.0. The molecule has 0 aromatic heterocycles. The van der Waals surface area contributed by atoms with Gasteiger partial charge in [0.1, 0.15) is 0 Å². The molecule has 0 fully saturated rings. The van der Waals surface area contributed by atoms with Gasteiger partial charge in [0.15, 0.2) is 0 Å². The zero-order chi connectivity index (χ0) is 8.69. The van der Waals surface area contributed by atoms with Gasteiger partial charge in [0.2, 0.25) is 5.78 Å². The van der Waals surface area contributed by atoms with Crippen LogP contribution in [0.4, 0.5) is 0 Å². The van der Waals surface area contributed by atoms with Crippen LogP contribution in [0, 0.1) is 0 Å². The average molecular weight is 156 g/mol. The molecule has 0 heterocycles. The third-order valence-electron chi connectivity index (χ3n) is 1.04. The summed E-state index contributed by atoms with van der Waals surface area (Å²) in [5.41, 5.74) is 0. The van der Waals surface area contributed by atoms with Gasteiger partial charge in [0, 0.05) is 6.42 Å². The summed E-state index contributed by atoms with van der Waals surface area (Å²) in [4.78, 5) is 21.4. The lowest BCUT2D eigenvalue weighted by Crippen LogP contribution is -2.16. The second-order valence-corrected chi connectivity index (χ2v) is 1.92. The zero-order valence-electron chi connectivity index (χ0n) is 6.79. The van der Waals surface area contributed by atoms with Crippen LogP contribution in [0.25, 0.3) is 0 Å². The number of esters is 1. The highest BCUT2D eigenvalue weighted by molar-refractivity contribution is 6.33. The van der Waals surface area contributed by atoms with Gasteiger partial charge in [-0.15, -0.1) is 0 Å². The summed E-state index contributed by atoms with van der Waals surface area (Å²) in [6.45, 7) is 3.71. The zero-order valence-corrected chi connectivity index (χ0v) is 6.79. The number of allylic oxidation sites excluding steroid dienone is 2. The minimum absolute atomic E-state index is 0.134. The first-order valence-electron chi connectivity index (χ1n) is 3.53. The molecule has 0 unspecified atom stereocenters. The van der Waals surface area contributed by atoms with E-state index in [4.69, 9.17) is 0 Å². The van der Waals surface area contributed by atoms with Crippen LogP contribution in [0.3, 0.4) is 0 Å². The molecule has 3 heteroatoms. The van der Waals surface area contributed by atoms with Crippen molar-refractivity contribution in [3.63, 3.8) is 0 Å². The van der Waals surface area contributed by atoms with Gasteiger partial charge in [-0.05, 0) is 13.8 Å². The monoisotopic (exact) mass is 156 g/mol. The van der Waals surface area contributed by atoms with Crippen molar-refractivity contribution in [2.75, 3.05) is 6.61 Å². The second kappa shape index (κ2) is 5.65. The van der Waals surface area contributed by atoms with Gasteiger partial charge in [0.05, 0.1) is 6.61 Å². The van der Waals surface area contributed by atoms with Gasteiger partial charge in [-0.3, -0.25) is 4.79 Å². The molecule has 62 valence electrons. The van der Waals surface area contributed by atoms with Gasteiger partial charge < -0.3 is 4.74 Å². The number of hydrogen-bond acceptors (Lipinski definition) is 3. The first-order chi connectivity index (χ1) is 5.22. The highest BCUT2D eigenvalue weighted by Gasteiger charge is 2.11. The van der Waals surface area contributed by atoms with E-state index in [1.807, 2.05) is 0 Å². The van der Waals surface area contributed by atoms with E-state index in [1.165, 1.54) is 0 Å².